The Morgan fingerprint density at radius 2 is 1.53 bits per heavy atom. The third kappa shape index (κ3) is 7.33. The number of anilines is 1. The molecule has 0 bridgehead atoms. The lowest BCUT2D eigenvalue weighted by Crippen LogP contribution is -2.40. The summed E-state index contributed by atoms with van der Waals surface area (Å²) < 4.78 is 44.6. The van der Waals surface area contributed by atoms with Crippen molar-refractivity contribution in [2.75, 3.05) is 18.6 Å². The molecule has 10 heteroatoms. The van der Waals surface area contributed by atoms with Gasteiger partial charge in [-0.15, -0.1) is 0 Å². The van der Waals surface area contributed by atoms with Gasteiger partial charge in [0.2, 0.25) is 5.91 Å². The number of rotatable bonds is 9. The molecule has 3 amide bonds. The normalized spacial score (nSPS) is 12.9. The molecule has 6 rings (SSSR count). The zero-order chi connectivity index (χ0) is 34.5. The molecule has 0 aromatic heterocycles. The summed E-state index contributed by atoms with van der Waals surface area (Å²) in [5.74, 6) is -0.424. The van der Waals surface area contributed by atoms with Crippen LogP contribution in [-0.4, -0.2) is 31.4 Å². The maximum atomic E-state index is 13.8. The molecule has 49 heavy (non-hydrogen) atoms. The topological polar surface area (TPSA) is 87.7 Å². The van der Waals surface area contributed by atoms with Crippen LogP contribution in [0, 0.1) is 0 Å². The van der Waals surface area contributed by atoms with Crippen molar-refractivity contribution >= 4 is 23.4 Å². The summed E-state index contributed by atoms with van der Waals surface area (Å²) in [6.07, 6.45) is -3.97. The van der Waals surface area contributed by atoms with Crippen molar-refractivity contribution in [1.29, 1.82) is 0 Å². The minimum atomic E-state index is -4.46. The average Bonchev–Trinajstić information content (AvgIpc) is 3.56. The SMILES string of the molecule is COc1ccc(CNC(=O)[C@@H](NC(=O)c2ccc3c(c2)CCN3C(=O)c2ccccc2-c2ccc(C(F)(F)F)cc2)c2ccccc2)cc1. The molecule has 0 radical (unpaired) electrons. The van der Waals surface area contributed by atoms with Crippen LogP contribution in [0.2, 0.25) is 0 Å². The molecular weight excluding hydrogens is 631 g/mol. The number of ether oxygens (including phenoxy) is 1. The van der Waals surface area contributed by atoms with E-state index in [1.54, 1.807) is 90.9 Å². The highest BCUT2D eigenvalue weighted by Crippen LogP contribution is 2.35. The summed E-state index contributed by atoms with van der Waals surface area (Å²) in [7, 11) is 1.58. The second kappa shape index (κ2) is 14.1. The Morgan fingerprint density at radius 1 is 0.837 bits per heavy atom. The van der Waals surface area contributed by atoms with E-state index in [-0.39, 0.29) is 18.4 Å². The molecule has 7 nitrogen and oxygen atoms in total. The lowest BCUT2D eigenvalue weighted by molar-refractivity contribution is -0.137. The predicted octanol–water partition coefficient (Wildman–Crippen LogP) is 7.37. The molecule has 1 heterocycles. The van der Waals surface area contributed by atoms with Crippen LogP contribution in [-0.2, 0) is 23.9 Å². The number of carbonyl (C=O) groups is 3. The van der Waals surface area contributed by atoms with Gasteiger partial charge >= 0.3 is 6.18 Å². The van der Waals surface area contributed by atoms with E-state index in [0.29, 0.717) is 52.2 Å². The fourth-order valence-corrected chi connectivity index (χ4v) is 5.85. The number of amides is 3. The average molecular weight is 664 g/mol. The van der Waals surface area contributed by atoms with Crippen molar-refractivity contribution in [3.05, 3.63) is 155 Å². The van der Waals surface area contributed by atoms with Crippen LogP contribution in [0.25, 0.3) is 11.1 Å². The molecule has 0 fully saturated rings. The molecule has 0 spiro atoms. The number of benzene rings is 5. The van der Waals surface area contributed by atoms with Crippen LogP contribution >= 0.6 is 0 Å². The van der Waals surface area contributed by atoms with E-state index in [4.69, 9.17) is 4.74 Å². The minimum absolute atomic E-state index is 0.257. The summed E-state index contributed by atoms with van der Waals surface area (Å²) in [6, 6.07) is 31.9. The van der Waals surface area contributed by atoms with Crippen LogP contribution in [0.15, 0.2) is 121 Å². The minimum Gasteiger partial charge on any atom is -0.497 e. The number of nitrogens with one attached hydrogen (secondary N) is 2. The Balaban J connectivity index is 1.18. The zero-order valence-electron chi connectivity index (χ0n) is 26.5. The summed E-state index contributed by atoms with van der Waals surface area (Å²) in [6.45, 7) is 0.619. The molecule has 248 valence electrons. The second-order valence-electron chi connectivity index (χ2n) is 11.6. The Hall–Kier alpha value is -5.90. The van der Waals surface area contributed by atoms with Crippen LogP contribution in [0.3, 0.4) is 0 Å². The Kier molecular flexibility index (Phi) is 9.48. The highest BCUT2D eigenvalue weighted by molar-refractivity contribution is 6.11. The first kappa shape index (κ1) is 33.0. The second-order valence-corrected chi connectivity index (χ2v) is 11.6. The van der Waals surface area contributed by atoms with E-state index >= 15 is 0 Å². The number of hydrogen-bond acceptors (Lipinski definition) is 4. The lowest BCUT2D eigenvalue weighted by Gasteiger charge is -2.21. The van der Waals surface area contributed by atoms with Gasteiger partial charge in [0.1, 0.15) is 11.8 Å². The monoisotopic (exact) mass is 663 g/mol. The van der Waals surface area contributed by atoms with E-state index in [1.165, 1.54) is 12.1 Å². The molecule has 1 atom stereocenters. The quantitative estimate of drug-likeness (QED) is 0.172. The molecule has 0 aliphatic carbocycles. The molecular formula is C39H32F3N3O4. The van der Waals surface area contributed by atoms with Crippen molar-refractivity contribution in [2.45, 2.75) is 25.2 Å². The first-order valence-corrected chi connectivity index (χ1v) is 15.6. The maximum absolute atomic E-state index is 13.8. The van der Waals surface area contributed by atoms with Crippen LogP contribution in [0.5, 0.6) is 5.75 Å². The summed E-state index contributed by atoms with van der Waals surface area (Å²) >= 11 is 0. The van der Waals surface area contributed by atoms with Gasteiger partial charge in [-0.3, -0.25) is 14.4 Å². The van der Waals surface area contributed by atoms with E-state index < -0.39 is 23.7 Å². The fraction of sp³-hybridized carbons (Fsp3) is 0.154. The summed E-state index contributed by atoms with van der Waals surface area (Å²) in [4.78, 5) is 42.4. The summed E-state index contributed by atoms with van der Waals surface area (Å²) in [5.41, 5.74) is 3.84. The lowest BCUT2D eigenvalue weighted by atomic mass is 9.97. The van der Waals surface area contributed by atoms with Crippen molar-refractivity contribution in [3.8, 4) is 16.9 Å². The standard InChI is InChI=1S/C39H32F3N3O4/c1-49-31-18-11-25(12-19-31)24-43-37(47)35(27-7-3-2-4-8-27)44-36(46)29-15-20-34-28(23-29)21-22-45(34)38(48)33-10-6-5-9-32(33)26-13-16-30(17-14-26)39(40,41)42/h2-20,23,35H,21-22,24H2,1H3,(H,43,47)(H,44,46)/t35-/m0/s1. The van der Waals surface area contributed by atoms with Crippen LogP contribution < -0.4 is 20.3 Å². The highest BCUT2D eigenvalue weighted by Gasteiger charge is 2.31. The van der Waals surface area contributed by atoms with Gasteiger partial charge in [0.15, 0.2) is 0 Å². The fourth-order valence-electron chi connectivity index (χ4n) is 5.85. The molecule has 5 aromatic rings. The molecule has 5 aromatic carbocycles. The Morgan fingerprint density at radius 3 is 2.22 bits per heavy atom. The van der Waals surface area contributed by atoms with E-state index in [0.717, 1.165) is 23.3 Å². The van der Waals surface area contributed by atoms with Gasteiger partial charge in [-0.05, 0) is 82.8 Å². The van der Waals surface area contributed by atoms with Gasteiger partial charge < -0.3 is 20.3 Å². The first-order chi connectivity index (χ1) is 23.6. The Bertz CT molecular complexity index is 1980. The molecule has 2 N–H and O–H groups in total. The van der Waals surface area contributed by atoms with Crippen molar-refractivity contribution < 1.29 is 32.3 Å². The number of nitrogens with zero attached hydrogens (tertiary/aromatic N) is 1. The van der Waals surface area contributed by atoms with Gasteiger partial charge in [0, 0.05) is 29.9 Å². The molecule has 0 saturated carbocycles. The van der Waals surface area contributed by atoms with Crippen molar-refractivity contribution in [1.82, 2.24) is 10.6 Å². The van der Waals surface area contributed by atoms with Crippen molar-refractivity contribution in [3.63, 3.8) is 0 Å². The molecule has 0 saturated heterocycles. The number of hydrogen-bond donors (Lipinski definition) is 2. The number of alkyl halides is 3. The van der Waals surface area contributed by atoms with Crippen molar-refractivity contribution in [2.24, 2.45) is 0 Å². The smallest absolute Gasteiger partial charge is 0.416 e. The molecule has 1 aliphatic heterocycles. The van der Waals surface area contributed by atoms with Gasteiger partial charge in [-0.1, -0.05) is 72.8 Å². The van der Waals surface area contributed by atoms with Gasteiger partial charge in [-0.25, -0.2) is 0 Å². The summed E-state index contributed by atoms with van der Waals surface area (Å²) in [5, 5.41) is 5.78. The van der Waals surface area contributed by atoms with Crippen LogP contribution in [0.1, 0.15) is 49.0 Å². The third-order valence-corrected chi connectivity index (χ3v) is 8.46. The van der Waals surface area contributed by atoms with Gasteiger partial charge in [0.05, 0.1) is 12.7 Å². The maximum Gasteiger partial charge on any atom is 0.416 e. The molecule has 1 aliphatic rings. The van der Waals surface area contributed by atoms with E-state index in [9.17, 15) is 27.6 Å². The van der Waals surface area contributed by atoms with E-state index in [2.05, 4.69) is 10.6 Å². The Labute approximate surface area is 281 Å². The highest BCUT2D eigenvalue weighted by atomic mass is 19.4. The largest absolute Gasteiger partial charge is 0.497 e. The van der Waals surface area contributed by atoms with Gasteiger partial charge in [-0.2, -0.15) is 13.2 Å². The van der Waals surface area contributed by atoms with Gasteiger partial charge in [0.25, 0.3) is 11.8 Å². The molecule has 0 unspecified atom stereocenters. The number of fused-ring (bicyclic) bond motifs is 1. The zero-order valence-corrected chi connectivity index (χ0v) is 26.5. The number of halogens is 3. The number of carbonyl (C=O) groups excluding carboxylic acids is 3. The number of methoxy groups -OCH3 is 1. The predicted molar refractivity (Wildman–Crippen MR) is 180 cm³/mol. The third-order valence-electron chi connectivity index (χ3n) is 8.46. The van der Waals surface area contributed by atoms with Crippen LogP contribution in [0.4, 0.5) is 18.9 Å². The van der Waals surface area contributed by atoms with E-state index in [1.807, 2.05) is 18.2 Å². The first-order valence-electron chi connectivity index (χ1n) is 15.6.